The average molecular weight is 257 g/mol. The van der Waals surface area contributed by atoms with E-state index in [0.29, 0.717) is 29.1 Å². The summed E-state index contributed by atoms with van der Waals surface area (Å²) in [5.74, 6) is 1.88. The molecule has 0 unspecified atom stereocenters. The van der Waals surface area contributed by atoms with E-state index < -0.39 is 0 Å². The molecule has 0 amide bonds. The lowest BCUT2D eigenvalue weighted by Gasteiger charge is -2.08. The molecule has 3 N–H and O–H groups in total. The first-order valence-corrected chi connectivity index (χ1v) is 6.27. The summed E-state index contributed by atoms with van der Waals surface area (Å²) in [4.78, 5) is 18.6. The summed E-state index contributed by atoms with van der Waals surface area (Å²) in [5, 5.41) is 0. The molecule has 0 saturated heterocycles. The zero-order valence-electron chi connectivity index (χ0n) is 10.6. The van der Waals surface area contributed by atoms with Crippen LogP contribution in [0.25, 0.3) is 0 Å². The van der Waals surface area contributed by atoms with Gasteiger partial charge in [0.1, 0.15) is 5.82 Å². The van der Waals surface area contributed by atoms with Gasteiger partial charge in [0.25, 0.3) is 5.56 Å². The highest BCUT2D eigenvalue weighted by atomic mass is 16.5. The van der Waals surface area contributed by atoms with E-state index in [4.69, 9.17) is 10.5 Å². The number of rotatable bonds is 3. The second-order valence-electron chi connectivity index (χ2n) is 4.89. The lowest BCUT2D eigenvalue weighted by Crippen LogP contribution is -2.10. The molecule has 5 heteroatoms. The highest BCUT2D eigenvalue weighted by Crippen LogP contribution is 2.38. The molecule has 1 aliphatic rings. The number of benzene rings is 1. The van der Waals surface area contributed by atoms with Gasteiger partial charge < -0.3 is 15.5 Å². The van der Waals surface area contributed by atoms with Gasteiger partial charge in [-0.25, -0.2) is 0 Å². The fourth-order valence-corrected chi connectivity index (χ4v) is 1.93. The number of hydrogen-bond donors (Lipinski definition) is 2. The van der Waals surface area contributed by atoms with E-state index in [-0.39, 0.29) is 5.56 Å². The van der Waals surface area contributed by atoms with Crippen LogP contribution in [-0.4, -0.2) is 9.97 Å². The Kier molecular flexibility index (Phi) is 2.74. The third kappa shape index (κ3) is 2.59. The molecule has 0 radical (unpaired) electrons. The number of aryl methyl sites for hydroxylation is 1. The van der Waals surface area contributed by atoms with Crippen LogP contribution in [0.15, 0.2) is 29.1 Å². The van der Waals surface area contributed by atoms with Gasteiger partial charge in [0, 0.05) is 5.92 Å². The SMILES string of the molecule is Cc1ccc(Oc2cc(=O)[nH]c(C3CC3)n2)c(N)c1. The third-order valence-corrected chi connectivity index (χ3v) is 3.08. The number of nitrogens with two attached hydrogens (primary N) is 1. The van der Waals surface area contributed by atoms with Gasteiger partial charge in [-0.3, -0.25) is 4.79 Å². The molecular weight excluding hydrogens is 242 g/mol. The molecule has 98 valence electrons. The van der Waals surface area contributed by atoms with Crippen molar-refractivity contribution >= 4 is 5.69 Å². The van der Waals surface area contributed by atoms with Gasteiger partial charge in [-0.1, -0.05) is 6.07 Å². The van der Waals surface area contributed by atoms with E-state index in [0.717, 1.165) is 18.4 Å². The summed E-state index contributed by atoms with van der Waals surface area (Å²) in [6.07, 6.45) is 2.14. The number of H-pyrrole nitrogens is 1. The summed E-state index contributed by atoms with van der Waals surface area (Å²) >= 11 is 0. The Bertz CT molecular complexity index is 675. The Morgan fingerprint density at radius 1 is 1.37 bits per heavy atom. The molecule has 0 spiro atoms. The van der Waals surface area contributed by atoms with Crippen molar-refractivity contribution in [3.05, 3.63) is 46.0 Å². The first-order chi connectivity index (χ1) is 9.11. The first kappa shape index (κ1) is 11.8. The van der Waals surface area contributed by atoms with Crippen LogP contribution in [0.5, 0.6) is 11.6 Å². The second kappa shape index (κ2) is 4.42. The summed E-state index contributed by atoms with van der Waals surface area (Å²) in [7, 11) is 0. The minimum Gasteiger partial charge on any atom is -0.437 e. The fourth-order valence-electron chi connectivity index (χ4n) is 1.93. The molecule has 5 nitrogen and oxygen atoms in total. The maximum absolute atomic E-state index is 11.6. The van der Waals surface area contributed by atoms with Gasteiger partial charge in [0.05, 0.1) is 11.8 Å². The van der Waals surface area contributed by atoms with Gasteiger partial charge in [-0.05, 0) is 37.5 Å². The lowest BCUT2D eigenvalue weighted by atomic mass is 10.2. The predicted octanol–water partition coefficient (Wildman–Crippen LogP) is 2.33. The highest BCUT2D eigenvalue weighted by Gasteiger charge is 2.26. The van der Waals surface area contributed by atoms with Crippen LogP contribution >= 0.6 is 0 Å². The third-order valence-electron chi connectivity index (χ3n) is 3.08. The van der Waals surface area contributed by atoms with Crippen LogP contribution in [0.4, 0.5) is 5.69 Å². The van der Waals surface area contributed by atoms with E-state index in [1.165, 1.54) is 6.07 Å². The van der Waals surface area contributed by atoms with Crippen molar-refractivity contribution in [3.8, 4) is 11.6 Å². The van der Waals surface area contributed by atoms with E-state index in [1.807, 2.05) is 19.1 Å². The number of aromatic amines is 1. The number of anilines is 1. The molecule has 0 aliphatic heterocycles. The number of ether oxygens (including phenoxy) is 1. The average Bonchev–Trinajstić information content (AvgIpc) is 3.16. The smallest absolute Gasteiger partial charge is 0.254 e. The van der Waals surface area contributed by atoms with Crippen LogP contribution in [0.3, 0.4) is 0 Å². The fraction of sp³-hybridized carbons (Fsp3) is 0.286. The predicted molar refractivity (Wildman–Crippen MR) is 72.5 cm³/mol. The Hall–Kier alpha value is -2.30. The number of nitrogens with zero attached hydrogens (tertiary/aromatic N) is 1. The van der Waals surface area contributed by atoms with Gasteiger partial charge in [-0.2, -0.15) is 4.98 Å². The van der Waals surface area contributed by atoms with Crippen molar-refractivity contribution in [2.24, 2.45) is 0 Å². The molecule has 1 fully saturated rings. The van der Waals surface area contributed by atoms with Gasteiger partial charge in [0.2, 0.25) is 5.88 Å². The number of nitrogen functional groups attached to an aromatic ring is 1. The van der Waals surface area contributed by atoms with E-state index in [2.05, 4.69) is 9.97 Å². The van der Waals surface area contributed by atoms with Crippen molar-refractivity contribution in [1.29, 1.82) is 0 Å². The largest absolute Gasteiger partial charge is 0.437 e. The molecule has 1 aromatic carbocycles. The van der Waals surface area contributed by atoms with E-state index in [9.17, 15) is 4.79 Å². The molecule has 0 atom stereocenters. The maximum atomic E-state index is 11.6. The molecule has 1 aliphatic carbocycles. The van der Waals surface area contributed by atoms with Crippen LogP contribution in [0, 0.1) is 6.92 Å². The molecule has 3 rings (SSSR count). The summed E-state index contributed by atoms with van der Waals surface area (Å²) in [6.45, 7) is 1.96. The Morgan fingerprint density at radius 3 is 2.84 bits per heavy atom. The zero-order valence-corrected chi connectivity index (χ0v) is 10.6. The van der Waals surface area contributed by atoms with Gasteiger partial charge >= 0.3 is 0 Å². The minimum absolute atomic E-state index is 0.197. The monoisotopic (exact) mass is 257 g/mol. The molecular formula is C14H15N3O2. The van der Waals surface area contributed by atoms with E-state index in [1.54, 1.807) is 6.07 Å². The summed E-state index contributed by atoms with van der Waals surface area (Å²) in [6, 6.07) is 6.85. The van der Waals surface area contributed by atoms with Gasteiger partial charge in [0.15, 0.2) is 5.75 Å². The maximum Gasteiger partial charge on any atom is 0.254 e. The van der Waals surface area contributed by atoms with Gasteiger partial charge in [-0.15, -0.1) is 0 Å². The van der Waals surface area contributed by atoms with Crippen molar-refractivity contribution < 1.29 is 4.74 Å². The molecule has 19 heavy (non-hydrogen) atoms. The Labute approximate surface area is 110 Å². The summed E-state index contributed by atoms with van der Waals surface area (Å²) < 4.78 is 5.61. The van der Waals surface area contributed by atoms with Crippen LogP contribution < -0.4 is 16.0 Å². The first-order valence-electron chi connectivity index (χ1n) is 6.27. The topological polar surface area (TPSA) is 81.0 Å². The molecule has 1 aromatic heterocycles. The quantitative estimate of drug-likeness (QED) is 0.827. The Balaban J connectivity index is 1.92. The van der Waals surface area contributed by atoms with Crippen molar-refractivity contribution in [2.75, 3.05) is 5.73 Å². The molecule has 2 aromatic rings. The van der Waals surface area contributed by atoms with Crippen LogP contribution in [0.2, 0.25) is 0 Å². The summed E-state index contributed by atoms with van der Waals surface area (Å²) in [5.41, 5.74) is 7.28. The molecule has 1 heterocycles. The second-order valence-corrected chi connectivity index (χ2v) is 4.89. The van der Waals surface area contributed by atoms with Crippen molar-refractivity contribution in [2.45, 2.75) is 25.7 Å². The Morgan fingerprint density at radius 2 is 2.16 bits per heavy atom. The number of hydrogen-bond acceptors (Lipinski definition) is 4. The van der Waals surface area contributed by atoms with E-state index >= 15 is 0 Å². The normalized spacial score (nSPS) is 14.4. The lowest BCUT2D eigenvalue weighted by molar-refractivity contribution is 0.459. The number of aromatic nitrogens is 2. The minimum atomic E-state index is -0.197. The van der Waals surface area contributed by atoms with Crippen LogP contribution in [0.1, 0.15) is 30.1 Å². The molecule has 0 bridgehead atoms. The molecule has 1 saturated carbocycles. The number of nitrogens with one attached hydrogen (secondary N) is 1. The highest BCUT2D eigenvalue weighted by molar-refractivity contribution is 5.55. The van der Waals surface area contributed by atoms with Crippen molar-refractivity contribution in [3.63, 3.8) is 0 Å². The zero-order chi connectivity index (χ0) is 13.4. The standard InChI is InChI=1S/C14H15N3O2/c1-8-2-5-11(10(15)6-8)19-13-7-12(18)16-14(17-13)9-3-4-9/h2,5-7,9H,3-4,15H2,1H3,(H,16,17,18). The van der Waals surface area contributed by atoms with Crippen LogP contribution in [-0.2, 0) is 0 Å². The van der Waals surface area contributed by atoms with Crippen molar-refractivity contribution in [1.82, 2.24) is 9.97 Å².